The third-order valence-electron chi connectivity index (χ3n) is 8.31. The first kappa shape index (κ1) is 28.4. The molecule has 0 radical (unpaired) electrons. The van der Waals surface area contributed by atoms with E-state index in [0.29, 0.717) is 26.1 Å². The van der Waals surface area contributed by atoms with Crippen molar-refractivity contribution in [2.24, 2.45) is 7.05 Å². The fourth-order valence-electron chi connectivity index (χ4n) is 6.30. The van der Waals surface area contributed by atoms with Crippen LogP contribution in [0, 0.1) is 0 Å². The van der Waals surface area contributed by atoms with Crippen LogP contribution in [0.1, 0.15) is 30.0 Å². The van der Waals surface area contributed by atoms with Gasteiger partial charge in [0.15, 0.2) is 0 Å². The number of hydrogen-bond acceptors (Lipinski definition) is 5. The number of carbonyl (C=O) groups excluding carboxylic acids is 3. The number of para-hydroxylation sites is 1. The van der Waals surface area contributed by atoms with Crippen LogP contribution in [0.4, 0.5) is 4.79 Å². The van der Waals surface area contributed by atoms with Gasteiger partial charge in [0.1, 0.15) is 12.2 Å². The van der Waals surface area contributed by atoms with Gasteiger partial charge in [-0.1, -0.05) is 85.8 Å². The summed E-state index contributed by atoms with van der Waals surface area (Å²) in [4.78, 5) is 45.0. The van der Waals surface area contributed by atoms with Crippen molar-refractivity contribution in [3.05, 3.63) is 102 Å². The van der Waals surface area contributed by atoms with Crippen LogP contribution >= 0.6 is 0 Å². The Morgan fingerprint density at radius 2 is 1.70 bits per heavy atom. The number of fused-ring (bicyclic) bond motifs is 2. The van der Waals surface area contributed by atoms with Crippen molar-refractivity contribution in [3.63, 3.8) is 0 Å². The molecule has 3 heterocycles. The largest absolute Gasteiger partial charge is 0.333 e. The van der Waals surface area contributed by atoms with Crippen molar-refractivity contribution >= 4 is 28.7 Å². The van der Waals surface area contributed by atoms with Crippen LogP contribution in [0.2, 0.25) is 0 Å². The van der Waals surface area contributed by atoms with Gasteiger partial charge in [0.05, 0.1) is 24.8 Å². The molecular formula is C33H37N7O3. The molecule has 222 valence electrons. The minimum absolute atomic E-state index is 0.0349. The SMILES string of the molecule is CCCN(C(=O)NCc1ccccc1)N1CC(=O)N2[C@@H](Cc3ccccc3)C(=O)N(Cc3cccc4cnn(C)c34)C[C@@H]21. The van der Waals surface area contributed by atoms with Gasteiger partial charge in [0, 0.05) is 38.5 Å². The van der Waals surface area contributed by atoms with Crippen LogP contribution in [0.15, 0.2) is 85.1 Å². The van der Waals surface area contributed by atoms with Gasteiger partial charge in [0.2, 0.25) is 11.8 Å². The molecule has 0 bridgehead atoms. The van der Waals surface area contributed by atoms with Gasteiger partial charge in [-0.2, -0.15) is 10.1 Å². The number of hydrogen-bond donors (Lipinski definition) is 1. The Kier molecular flexibility index (Phi) is 8.11. The van der Waals surface area contributed by atoms with Crippen LogP contribution in [0.3, 0.4) is 0 Å². The molecule has 2 atom stereocenters. The van der Waals surface area contributed by atoms with Crippen LogP contribution < -0.4 is 5.32 Å². The Hall–Kier alpha value is -4.70. The first-order chi connectivity index (χ1) is 20.9. The molecule has 1 aromatic heterocycles. The number of aromatic nitrogens is 2. The lowest BCUT2D eigenvalue weighted by Gasteiger charge is -2.46. The molecule has 4 aromatic rings. The van der Waals surface area contributed by atoms with E-state index in [9.17, 15) is 14.4 Å². The molecule has 3 aromatic carbocycles. The number of benzene rings is 3. The van der Waals surface area contributed by atoms with Crippen LogP contribution in [0.5, 0.6) is 0 Å². The summed E-state index contributed by atoms with van der Waals surface area (Å²) in [5, 5.41) is 12.0. The lowest BCUT2D eigenvalue weighted by atomic mass is 9.99. The van der Waals surface area contributed by atoms with Gasteiger partial charge in [-0.05, 0) is 23.1 Å². The van der Waals surface area contributed by atoms with E-state index in [0.717, 1.165) is 34.0 Å². The van der Waals surface area contributed by atoms with E-state index in [1.165, 1.54) is 0 Å². The van der Waals surface area contributed by atoms with Gasteiger partial charge >= 0.3 is 6.03 Å². The standard InChI is InChI=1S/C33H37N7O3/c1-3-17-38(33(43)34-19-25-13-8-5-9-14-25)39-23-30(41)40-28(18-24-11-6-4-7-12-24)32(42)37(22-29(39)40)21-27-16-10-15-26-20-35-36(2)31(26)27/h4-16,20,28-29H,3,17-19,21-23H2,1-2H3,(H,34,43)/t28-,29+/m0/s1. The Morgan fingerprint density at radius 1 is 0.977 bits per heavy atom. The highest BCUT2D eigenvalue weighted by Crippen LogP contribution is 2.31. The summed E-state index contributed by atoms with van der Waals surface area (Å²) >= 11 is 0. The Balaban J connectivity index is 1.31. The maximum Gasteiger partial charge on any atom is 0.332 e. The Morgan fingerprint density at radius 3 is 2.42 bits per heavy atom. The molecular weight excluding hydrogens is 542 g/mol. The second kappa shape index (κ2) is 12.3. The van der Waals surface area contributed by atoms with E-state index in [1.54, 1.807) is 9.91 Å². The lowest BCUT2D eigenvalue weighted by Crippen LogP contribution is -2.66. The van der Waals surface area contributed by atoms with E-state index in [4.69, 9.17) is 0 Å². The average Bonchev–Trinajstić information content (AvgIpc) is 3.57. The predicted octanol–water partition coefficient (Wildman–Crippen LogP) is 3.53. The quantitative estimate of drug-likeness (QED) is 0.328. The monoisotopic (exact) mass is 579 g/mol. The number of carbonyl (C=O) groups is 3. The maximum atomic E-state index is 14.2. The van der Waals surface area contributed by atoms with E-state index in [-0.39, 0.29) is 30.9 Å². The van der Waals surface area contributed by atoms with Crippen LogP contribution in [0.25, 0.3) is 10.9 Å². The maximum absolute atomic E-state index is 14.2. The number of piperazine rings is 1. The minimum Gasteiger partial charge on any atom is -0.333 e. The molecule has 0 spiro atoms. The molecule has 0 unspecified atom stereocenters. The second-order valence-electron chi connectivity index (χ2n) is 11.2. The van der Waals surface area contributed by atoms with E-state index < -0.39 is 12.2 Å². The van der Waals surface area contributed by atoms with Crippen LogP contribution in [-0.4, -0.2) is 79.3 Å². The molecule has 4 amide bonds. The zero-order chi connectivity index (χ0) is 29.9. The molecule has 6 rings (SSSR count). The van der Waals surface area contributed by atoms with Crippen LogP contribution in [-0.2, 0) is 36.1 Å². The topological polar surface area (TPSA) is 94.0 Å². The second-order valence-corrected chi connectivity index (χ2v) is 11.2. The number of aryl methyl sites for hydroxylation is 1. The highest BCUT2D eigenvalue weighted by molar-refractivity contribution is 5.92. The summed E-state index contributed by atoms with van der Waals surface area (Å²) in [5.41, 5.74) is 3.94. The molecule has 2 fully saturated rings. The summed E-state index contributed by atoms with van der Waals surface area (Å²) in [5.74, 6) is -0.241. The van der Waals surface area contributed by atoms with E-state index >= 15 is 0 Å². The zero-order valence-electron chi connectivity index (χ0n) is 24.6. The average molecular weight is 580 g/mol. The van der Waals surface area contributed by atoms with Gasteiger partial charge in [-0.25, -0.2) is 4.79 Å². The number of rotatable bonds is 9. The minimum atomic E-state index is -0.680. The van der Waals surface area contributed by atoms with Gasteiger partial charge in [0.25, 0.3) is 0 Å². The number of urea groups is 1. The van der Waals surface area contributed by atoms with E-state index in [1.807, 2.05) is 114 Å². The number of hydrazine groups is 1. The summed E-state index contributed by atoms with van der Waals surface area (Å²) in [6.07, 6.45) is 2.47. The van der Waals surface area contributed by atoms with Gasteiger partial charge in [-0.15, -0.1) is 0 Å². The van der Waals surface area contributed by atoms with Crippen molar-refractivity contribution < 1.29 is 14.4 Å². The lowest BCUT2D eigenvalue weighted by molar-refractivity contribution is -0.157. The normalized spacial score (nSPS) is 18.7. The number of amides is 4. The molecule has 10 heteroatoms. The third kappa shape index (κ3) is 5.70. The van der Waals surface area contributed by atoms with Gasteiger partial charge < -0.3 is 15.1 Å². The molecule has 2 aliphatic heterocycles. The smallest absolute Gasteiger partial charge is 0.332 e. The number of nitrogens with one attached hydrogen (secondary N) is 1. The van der Waals surface area contributed by atoms with Crippen molar-refractivity contribution in [3.8, 4) is 0 Å². The molecule has 2 saturated heterocycles. The van der Waals surface area contributed by atoms with Crippen molar-refractivity contribution in [2.45, 2.75) is 45.1 Å². The van der Waals surface area contributed by atoms with Crippen molar-refractivity contribution in [1.29, 1.82) is 0 Å². The first-order valence-corrected chi connectivity index (χ1v) is 14.8. The molecule has 2 aliphatic rings. The van der Waals surface area contributed by atoms with Crippen molar-refractivity contribution in [1.82, 2.24) is 34.9 Å². The molecule has 1 N–H and O–H groups in total. The van der Waals surface area contributed by atoms with Crippen molar-refractivity contribution in [2.75, 3.05) is 19.6 Å². The number of nitrogens with zero attached hydrogens (tertiary/aromatic N) is 6. The zero-order valence-corrected chi connectivity index (χ0v) is 24.6. The molecule has 10 nitrogen and oxygen atoms in total. The first-order valence-electron chi connectivity index (χ1n) is 14.8. The highest BCUT2D eigenvalue weighted by atomic mass is 16.2. The van der Waals surface area contributed by atoms with E-state index in [2.05, 4.69) is 10.4 Å². The molecule has 0 aliphatic carbocycles. The molecule has 0 saturated carbocycles. The fourth-order valence-corrected chi connectivity index (χ4v) is 6.30. The summed E-state index contributed by atoms with van der Waals surface area (Å²) in [7, 11) is 1.90. The fraction of sp³-hybridized carbons (Fsp3) is 0.333. The Bertz CT molecular complexity index is 1610. The Labute approximate surface area is 251 Å². The van der Waals surface area contributed by atoms with Gasteiger partial charge in [-0.3, -0.25) is 19.3 Å². The third-order valence-corrected chi connectivity index (χ3v) is 8.31. The summed E-state index contributed by atoms with van der Waals surface area (Å²) in [6.45, 7) is 3.54. The summed E-state index contributed by atoms with van der Waals surface area (Å²) < 4.78 is 1.83. The summed E-state index contributed by atoms with van der Waals surface area (Å²) in [6, 6.07) is 24.6. The molecule has 43 heavy (non-hydrogen) atoms. The predicted molar refractivity (Wildman–Crippen MR) is 163 cm³/mol. The highest BCUT2D eigenvalue weighted by Gasteiger charge is 2.52.